The van der Waals surface area contributed by atoms with Gasteiger partial charge in [0.15, 0.2) is 0 Å². The Labute approximate surface area is 145 Å². The molecule has 0 saturated carbocycles. The number of rotatable bonds is 6. The van der Waals surface area contributed by atoms with Gasteiger partial charge in [0, 0.05) is 25.5 Å². The van der Waals surface area contributed by atoms with E-state index in [2.05, 4.69) is 16.9 Å². The molecule has 2 atom stereocenters. The van der Waals surface area contributed by atoms with Gasteiger partial charge in [-0.05, 0) is 12.8 Å². The average Bonchev–Trinajstić information content (AvgIpc) is 3.17. The molecule has 2 amide bonds. The molecular weight excluding hydrogens is 326 g/mol. The van der Waals surface area contributed by atoms with Crippen LogP contribution in [-0.4, -0.2) is 61.9 Å². The van der Waals surface area contributed by atoms with Gasteiger partial charge in [-0.25, -0.2) is 20.2 Å². The highest BCUT2D eigenvalue weighted by Gasteiger charge is 2.56. The molecule has 0 aromatic carbocycles. The number of hydroxylamine groups is 1. The minimum atomic E-state index is -0.866. The van der Waals surface area contributed by atoms with Crippen LogP contribution in [0.15, 0.2) is 12.4 Å². The molecule has 9 nitrogen and oxygen atoms in total. The van der Waals surface area contributed by atoms with Crippen molar-refractivity contribution in [2.24, 2.45) is 0 Å². The summed E-state index contributed by atoms with van der Waals surface area (Å²) in [7, 11) is 0. The minimum absolute atomic E-state index is 0.0512. The van der Waals surface area contributed by atoms with E-state index in [-0.39, 0.29) is 17.1 Å². The molecule has 1 aromatic heterocycles. The SMILES string of the molecule is CCCCCC12CC(CN1C(=O)O)N(c1ncc(C(=O)NO)cn1)C2. The first kappa shape index (κ1) is 17.4. The molecule has 3 N–H and O–H groups in total. The molecule has 3 heterocycles. The summed E-state index contributed by atoms with van der Waals surface area (Å²) in [6.07, 6.45) is 6.65. The third kappa shape index (κ3) is 3.11. The van der Waals surface area contributed by atoms with Crippen LogP contribution in [0.4, 0.5) is 10.7 Å². The highest BCUT2D eigenvalue weighted by Crippen LogP contribution is 2.44. The van der Waals surface area contributed by atoms with Gasteiger partial charge in [0.25, 0.3) is 5.91 Å². The van der Waals surface area contributed by atoms with Gasteiger partial charge in [0.2, 0.25) is 5.95 Å². The number of hydrogen-bond donors (Lipinski definition) is 3. The lowest BCUT2D eigenvalue weighted by atomic mass is 9.91. The monoisotopic (exact) mass is 349 g/mol. The van der Waals surface area contributed by atoms with Gasteiger partial charge in [0.1, 0.15) is 0 Å². The summed E-state index contributed by atoms with van der Waals surface area (Å²) in [5.41, 5.74) is 1.33. The lowest BCUT2D eigenvalue weighted by molar-refractivity contribution is 0.0705. The van der Waals surface area contributed by atoms with Crippen molar-refractivity contribution in [3.05, 3.63) is 18.0 Å². The van der Waals surface area contributed by atoms with Gasteiger partial charge < -0.3 is 10.0 Å². The first-order valence-corrected chi connectivity index (χ1v) is 8.54. The summed E-state index contributed by atoms with van der Waals surface area (Å²) in [6.45, 7) is 3.14. The maximum absolute atomic E-state index is 11.6. The smallest absolute Gasteiger partial charge is 0.407 e. The molecule has 2 saturated heterocycles. The zero-order chi connectivity index (χ0) is 18.0. The number of likely N-dealkylation sites (tertiary alicyclic amines) is 1. The van der Waals surface area contributed by atoms with Crippen molar-refractivity contribution in [1.29, 1.82) is 0 Å². The van der Waals surface area contributed by atoms with Crippen LogP contribution in [0.5, 0.6) is 0 Å². The maximum atomic E-state index is 11.6. The van der Waals surface area contributed by atoms with Crippen molar-refractivity contribution >= 4 is 17.9 Å². The zero-order valence-corrected chi connectivity index (χ0v) is 14.2. The fourth-order valence-electron chi connectivity index (χ4n) is 4.01. The second-order valence-electron chi connectivity index (χ2n) is 6.77. The summed E-state index contributed by atoms with van der Waals surface area (Å²) in [6, 6.07) is 0.0512. The van der Waals surface area contributed by atoms with Crippen molar-refractivity contribution in [3.63, 3.8) is 0 Å². The number of unbranched alkanes of at least 4 members (excludes halogenated alkanes) is 2. The third-order valence-corrected chi connectivity index (χ3v) is 5.22. The predicted molar refractivity (Wildman–Crippen MR) is 88.6 cm³/mol. The molecule has 3 rings (SSSR count). The molecule has 2 aliphatic rings. The molecule has 0 radical (unpaired) electrons. The number of carbonyl (C=O) groups is 2. The number of nitrogens with one attached hydrogen (secondary N) is 1. The fraction of sp³-hybridized carbons (Fsp3) is 0.625. The van der Waals surface area contributed by atoms with Crippen molar-refractivity contribution < 1.29 is 19.9 Å². The zero-order valence-electron chi connectivity index (χ0n) is 14.2. The van der Waals surface area contributed by atoms with Crippen LogP contribution in [0.2, 0.25) is 0 Å². The number of hydrogen-bond acceptors (Lipinski definition) is 6. The van der Waals surface area contributed by atoms with Crippen LogP contribution >= 0.6 is 0 Å². The number of piperazine rings is 1. The molecule has 2 bridgehead atoms. The number of carbonyl (C=O) groups excluding carboxylic acids is 1. The van der Waals surface area contributed by atoms with E-state index < -0.39 is 12.0 Å². The second kappa shape index (κ2) is 6.83. The number of nitrogens with zero attached hydrogens (tertiary/aromatic N) is 4. The lowest BCUT2D eigenvalue weighted by Crippen LogP contribution is -2.56. The topological polar surface area (TPSA) is 119 Å². The molecule has 2 fully saturated rings. The largest absolute Gasteiger partial charge is 0.465 e. The minimum Gasteiger partial charge on any atom is -0.465 e. The molecular formula is C16H23N5O4. The Balaban J connectivity index is 1.77. The Bertz CT molecular complexity index is 652. The van der Waals surface area contributed by atoms with Gasteiger partial charge >= 0.3 is 6.09 Å². The Hall–Kier alpha value is -2.42. The van der Waals surface area contributed by atoms with E-state index in [0.29, 0.717) is 19.0 Å². The third-order valence-electron chi connectivity index (χ3n) is 5.22. The second-order valence-corrected chi connectivity index (χ2v) is 6.77. The summed E-state index contributed by atoms with van der Waals surface area (Å²) < 4.78 is 0. The number of anilines is 1. The van der Waals surface area contributed by atoms with E-state index in [1.54, 1.807) is 10.4 Å². The lowest BCUT2D eigenvalue weighted by Gasteiger charge is -2.40. The Morgan fingerprint density at radius 1 is 1.36 bits per heavy atom. The van der Waals surface area contributed by atoms with E-state index in [0.717, 1.165) is 32.1 Å². The molecule has 2 unspecified atom stereocenters. The summed E-state index contributed by atoms with van der Waals surface area (Å²) in [4.78, 5) is 35.1. The van der Waals surface area contributed by atoms with Crippen LogP contribution in [-0.2, 0) is 0 Å². The first-order valence-electron chi connectivity index (χ1n) is 8.54. The normalized spacial score (nSPS) is 24.6. The molecule has 0 spiro atoms. The molecule has 1 aromatic rings. The van der Waals surface area contributed by atoms with E-state index in [1.807, 2.05) is 4.90 Å². The van der Waals surface area contributed by atoms with Gasteiger partial charge in [-0.2, -0.15) is 0 Å². The van der Waals surface area contributed by atoms with Crippen LogP contribution < -0.4 is 10.4 Å². The highest BCUT2D eigenvalue weighted by atomic mass is 16.5. The van der Waals surface area contributed by atoms with Crippen molar-refractivity contribution in [2.75, 3.05) is 18.0 Å². The Morgan fingerprint density at radius 3 is 2.68 bits per heavy atom. The van der Waals surface area contributed by atoms with E-state index in [9.17, 15) is 14.7 Å². The number of amides is 2. The summed E-state index contributed by atoms with van der Waals surface area (Å²) >= 11 is 0. The van der Waals surface area contributed by atoms with Gasteiger partial charge in [0.05, 0.1) is 17.1 Å². The number of carboxylic acid groups (broad SMARTS) is 1. The molecule has 2 aliphatic heterocycles. The Kier molecular flexibility index (Phi) is 4.76. The molecule has 9 heteroatoms. The average molecular weight is 349 g/mol. The van der Waals surface area contributed by atoms with Crippen molar-refractivity contribution in [3.8, 4) is 0 Å². The molecule has 25 heavy (non-hydrogen) atoms. The van der Waals surface area contributed by atoms with Crippen LogP contribution in [0.3, 0.4) is 0 Å². The fourth-order valence-corrected chi connectivity index (χ4v) is 4.01. The standard InChI is InChI=1S/C16H23N5O4/c1-2-3-4-5-16-6-12(9-21(16)15(23)24)20(10-16)14-17-7-11(8-18-14)13(22)19-25/h7-8,12,25H,2-6,9-10H2,1H3,(H,19,22)(H,23,24). The van der Waals surface area contributed by atoms with E-state index in [1.165, 1.54) is 12.4 Å². The van der Waals surface area contributed by atoms with Crippen molar-refractivity contribution in [2.45, 2.75) is 50.6 Å². The quantitative estimate of drug-likeness (QED) is 0.404. The number of aromatic nitrogens is 2. The molecule has 136 valence electrons. The Morgan fingerprint density at radius 2 is 2.08 bits per heavy atom. The summed E-state index contributed by atoms with van der Waals surface area (Å²) in [5, 5.41) is 18.2. The van der Waals surface area contributed by atoms with E-state index in [4.69, 9.17) is 5.21 Å². The van der Waals surface area contributed by atoms with E-state index >= 15 is 0 Å². The van der Waals surface area contributed by atoms with Crippen LogP contribution in [0, 0.1) is 0 Å². The first-order chi connectivity index (χ1) is 12.0. The number of fused-ring (bicyclic) bond motifs is 2. The molecule has 0 aliphatic carbocycles. The van der Waals surface area contributed by atoms with Gasteiger partial charge in [-0.3, -0.25) is 14.9 Å². The van der Waals surface area contributed by atoms with Crippen molar-refractivity contribution in [1.82, 2.24) is 20.3 Å². The van der Waals surface area contributed by atoms with Gasteiger partial charge in [-0.1, -0.05) is 26.2 Å². The van der Waals surface area contributed by atoms with Crippen LogP contribution in [0.1, 0.15) is 49.4 Å². The summed E-state index contributed by atoms with van der Waals surface area (Å²) in [5.74, 6) is -0.176. The van der Waals surface area contributed by atoms with Gasteiger partial charge in [-0.15, -0.1) is 0 Å². The highest BCUT2D eigenvalue weighted by molar-refractivity contribution is 5.92. The maximum Gasteiger partial charge on any atom is 0.407 e. The van der Waals surface area contributed by atoms with Crippen LogP contribution in [0.25, 0.3) is 0 Å². The predicted octanol–water partition coefficient (Wildman–Crippen LogP) is 1.49.